The van der Waals surface area contributed by atoms with E-state index in [0.717, 1.165) is 6.54 Å². The lowest BCUT2D eigenvalue weighted by atomic mass is 10.2. The van der Waals surface area contributed by atoms with Crippen LogP contribution in [-0.4, -0.2) is 51.8 Å². The van der Waals surface area contributed by atoms with E-state index in [0.29, 0.717) is 6.04 Å². The number of nitrogens with zero attached hydrogens (tertiary/aromatic N) is 4. The quantitative estimate of drug-likeness (QED) is 0.789. The van der Waals surface area contributed by atoms with Crippen LogP contribution in [0.15, 0.2) is 6.20 Å². The lowest BCUT2D eigenvalue weighted by Crippen LogP contribution is -2.48. The van der Waals surface area contributed by atoms with Crippen LogP contribution < -0.4 is 0 Å². The third-order valence-electron chi connectivity index (χ3n) is 3.87. The van der Waals surface area contributed by atoms with E-state index >= 15 is 0 Å². The highest BCUT2D eigenvalue weighted by Gasteiger charge is 2.19. The second-order valence-corrected chi connectivity index (χ2v) is 5.28. The highest BCUT2D eigenvalue weighted by Crippen LogP contribution is 2.12. The van der Waals surface area contributed by atoms with Crippen molar-refractivity contribution < 1.29 is 0 Å². The molecule has 0 N–H and O–H groups in total. The van der Waals surface area contributed by atoms with Crippen LogP contribution in [-0.2, 0) is 13.6 Å². The van der Waals surface area contributed by atoms with E-state index in [1.54, 1.807) is 0 Å². The van der Waals surface area contributed by atoms with Crippen molar-refractivity contribution in [1.29, 1.82) is 0 Å². The van der Waals surface area contributed by atoms with Crippen LogP contribution in [0.25, 0.3) is 0 Å². The van der Waals surface area contributed by atoms with Gasteiger partial charge in [-0.25, -0.2) is 0 Å². The highest BCUT2D eigenvalue weighted by molar-refractivity contribution is 5.15. The molecule has 0 aliphatic carbocycles. The summed E-state index contributed by atoms with van der Waals surface area (Å²) in [5.74, 6) is 0. The van der Waals surface area contributed by atoms with Gasteiger partial charge in [0.15, 0.2) is 0 Å². The molecule has 1 aromatic rings. The van der Waals surface area contributed by atoms with Gasteiger partial charge in [-0.2, -0.15) is 5.10 Å². The molecule has 0 atom stereocenters. The van der Waals surface area contributed by atoms with E-state index in [2.05, 4.69) is 35.7 Å². The van der Waals surface area contributed by atoms with Gasteiger partial charge in [0.1, 0.15) is 0 Å². The summed E-state index contributed by atoms with van der Waals surface area (Å²) >= 11 is 0. The van der Waals surface area contributed by atoms with Gasteiger partial charge in [0.05, 0.1) is 6.20 Å². The Bertz CT molecular complexity index is 361. The molecule has 2 heterocycles. The predicted octanol–water partition coefficient (Wildman–Crippen LogP) is 1.25. The third kappa shape index (κ3) is 2.87. The molecular weight excluding hydrogens is 212 g/mol. The number of aryl methyl sites for hydroxylation is 1. The third-order valence-corrected chi connectivity index (χ3v) is 3.87. The maximum Gasteiger partial charge on any atom is 0.0537 e. The summed E-state index contributed by atoms with van der Waals surface area (Å²) in [5, 5.41) is 4.30. The minimum absolute atomic E-state index is 0.678. The van der Waals surface area contributed by atoms with Crippen LogP contribution in [0.1, 0.15) is 25.1 Å². The summed E-state index contributed by atoms with van der Waals surface area (Å²) in [5.41, 5.74) is 2.65. The normalized spacial score (nSPS) is 19.1. The minimum atomic E-state index is 0.678. The number of hydrogen-bond donors (Lipinski definition) is 0. The van der Waals surface area contributed by atoms with E-state index < -0.39 is 0 Å². The Labute approximate surface area is 104 Å². The molecule has 1 aliphatic heterocycles. The van der Waals surface area contributed by atoms with Gasteiger partial charge in [-0.15, -0.1) is 0 Å². The molecule has 1 aromatic heterocycles. The average molecular weight is 236 g/mol. The molecule has 0 bridgehead atoms. The van der Waals surface area contributed by atoms with Crippen LogP contribution in [0.2, 0.25) is 0 Å². The topological polar surface area (TPSA) is 24.3 Å². The number of hydrogen-bond acceptors (Lipinski definition) is 3. The van der Waals surface area contributed by atoms with Gasteiger partial charge < -0.3 is 0 Å². The molecule has 4 heteroatoms. The average Bonchev–Trinajstić information content (AvgIpc) is 2.62. The highest BCUT2D eigenvalue weighted by atomic mass is 15.3. The van der Waals surface area contributed by atoms with E-state index in [1.165, 1.54) is 37.4 Å². The van der Waals surface area contributed by atoms with E-state index in [9.17, 15) is 0 Å². The first-order valence-corrected chi connectivity index (χ1v) is 6.52. The van der Waals surface area contributed by atoms with Crippen molar-refractivity contribution in [2.45, 2.75) is 33.4 Å². The molecule has 17 heavy (non-hydrogen) atoms. The zero-order valence-electron chi connectivity index (χ0n) is 11.5. The second kappa shape index (κ2) is 5.19. The first kappa shape index (κ1) is 12.6. The molecule has 0 spiro atoms. The molecule has 0 unspecified atom stereocenters. The zero-order valence-corrected chi connectivity index (χ0v) is 11.5. The van der Waals surface area contributed by atoms with Crippen LogP contribution in [0.5, 0.6) is 0 Å². The number of piperazine rings is 1. The molecule has 0 radical (unpaired) electrons. The molecular formula is C13H24N4. The standard InChI is InChI=1S/C13H24N4/c1-11(2)17-7-5-16(6-8-17)10-13-9-14-15(4)12(13)3/h9,11H,5-8,10H2,1-4H3. The SMILES string of the molecule is Cc1c(CN2CCN(C(C)C)CC2)cnn1C. The second-order valence-electron chi connectivity index (χ2n) is 5.28. The van der Waals surface area contributed by atoms with Crippen LogP contribution in [0, 0.1) is 6.92 Å². The van der Waals surface area contributed by atoms with E-state index in [4.69, 9.17) is 0 Å². The fourth-order valence-electron chi connectivity index (χ4n) is 2.38. The first-order valence-electron chi connectivity index (χ1n) is 6.52. The van der Waals surface area contributed by atoms with Gasteiger partial charge in [-0.3, -0.25) is 14.5 Å². The maximum atomic E-state index is 4.30. The Hall–Kier alpha value is -0.870. The Kier molecular flexibility index (Phi) is 3.84. The molecule has 4 nitrogen and oxygen atoms in total. The van der Waals surface area contributed by atoms with Crippen LogP contribution >= 0.6 is 0 Å². The number of aromatic nitrogens is 2. The summed E-state index contributed by atoms with van der Waals surface area (Å²) in [6.07, 6.45) is 2.00. The van der Waals surface area contributed by atoms with E-state index in [1.807, 2.05) is 17.9 Å². The van der Waals surface area contributed by atoms with Crippen molar-refractivity contribution in [3.63, 3.8) is 0 Å². The van der Waals surface area contributed by atoms with Gasteiger partial charge in [-0.1, -0.05) is 0 Å². The minimum Gasteiger partial charge on any atom is -0.298 e. The molecule has 0 aromatic carbocycles. The maximum absolute atomic E-state index is 4.30. The van der Waals surface area contributed by atoms with Crippen molar-refractivity contribution >= 4 is 0 Å². The molecule has 1 saturated heterocycles. The summed E-state index contributed by atoms with van der Waals surface area (Å²) in [6, 6.07) is 0.678. The molecule has 1 fully saturated rings. The van der Waals surface area contributed by atoms with Gasteiger partial charge in [-0.05, 0) is 20.8 Å². The summed E-state index contributed by atoms with van der Waals surface area (Å²) in [6.45, 7) is 12.5. The molecule has 0 saturated carbocycles. The summed E-state index contributed by atoms with van der Waals surface area (Å²) in [4.78, 5) is 5.08. The Morgan fingerprint density at radius 1 is 1.24 bits per heavy atom. The Balaban J connectivity index is 1.88. The van der Waals surface area contributed by atoms with Crippen molar-refractivity contribution in [3.05, 3.63) is 17.5 Å². The number of rotatable bonds is 3. The molecule has 1 aliphatic rings. The monoisotopic (exact) mass is 236 g/mol. The van der Waals surface area contributed by atoms with Crippen molar-refractivity contribution in [2.75, 3.05) is 26.2 Å². The zero-order chi connectivity index (χ0) is 12.4. The summed E-state index contributed by atoms with van der Waals surface area (Å²) < 4.78 is 1.96. The lowest BCUT2D eigenvalue weighted by molar-refractivity contribution is 0.104. The Morgan fingerprint density at radius 3 is 2.35 bits per heavy atom. The van der Waals surface area contributed by atoms with E-state index in [-0.39, 0.29) is 0 Å². The van der Waals surface area contributed by atoms with Crippen LogP contribution in [0.4, 0.5) is 0 Å². The smallest absolute Gasteiger partial charge is 0.0537 e. The lowest BCUT2D eigenvalue weighted by Gasteiger charge is -2.36. The fraction of sp³-hybridized carbons (Fsp3) is 0.769. The first-order chi connectivity index (χ1) is 8.08. The van der Waals surface area contributed by atoms with Crippen molar-refractivity contribution in [3.8, 4) is 0 Å². The molecule has 2 rings (SSSR count). The van der Waals surface area contributed by atoms with Crippen LogP contribution in [0.3, 0.4) is 0 Å². The van der Waals surface area contributed by atoms with Gasteiger partial charge in [0.2, 0.25) is 0 Å². The van der Waals surface area contributed by atoms with Gasteiger partial charge in [0, 0.05) is 57.1 Å². The largest absolute Gasteiger partial charge is 0.298 e. The summed E-state index contributed by atoms with van der Waals surface area (Å²) in [7, 11) is 2.01. The Morgan fingerprint density at radius 2 is 1.88 bits per heavy atom. The van der Waals surface area contributed by atoms with Gasteiger partial charge >= 0.3 is 0 Å². The fourth-order valence-corrected chi connectivity index (χ4v) is 2.38. The van der Waals surface area contributed by atoms with Gasteiger partial charge in [0.25, 0.3) is 0 Å². The van der Waals surface area contributed by atoms with Crippen molar-refractivity contribution in [1.82, 2.24) is 19.6 Å². The molecule has 96 valence electrons. The predicted molar refractivity (Wildman–Crippen MR) is 69.9 cm³/mol. The van der Waals surface area contributed by atoms with Crippen molar-refractivity contribution in [2.24, 2.45) is 7.05 Å². The molecule has 0 amide bonds.